The van der Waals surface area contributed by atoms with Gasteiger partial charge in [0.1, 0.15) is 0 Å². The maximum atomic E-state index is 12.3. The van der Waals surface area contributed by atoms with Gasteiger partial charge in [0.15, 0.2) is 9.84 Å². The summed E-state index contributed by atoms with van der Waals surface area (Å²) in [5.74, 6) is 0.410. The second kappa shape index (κ2) is 6.84. The van der Waals surface area contributed by atoms with Crippen molar-refractivity contribution in [2.24, 2.45) is 5.92 Å². The van der Waals surface area contributed by atoms with Gasteiger partial charge in [-0.15, -0.1) is 0 Å². The van der Waals surface area contributed by atoms with Crippen LogP contribution in [0.25, 0.3) is 0 Å². The number of nitrogens with zero attached hydrogens (tertiary/aromatic N) is 1. The zero-order chi connectivity index (χ0) is 15.6. The van der Waals surface area contributed by atoms with Crippen molar-refractivity contribution in [1.82, 2.24) is 10.2 Å². The Kier molecular flexibility index (Phi) is 5.04. The molecule has 1 atom stereocenters. The highest BCUT2D eigenvalue weighted by Crippen LogP contribution is 2.24. The second-order valence-electron chi connectivity index (χ2n) is 6.76. The lowest BCUT2D eigenvalue weighted by molar-refractivity contribution is -0.127. The number of piperidine rings is 1. The summed E-state index contributed by atoms with van der Waals surface area (Å²) in [6.45, 7) is 3.62. The van der Waals surface area contributed by atoms with Crippen LogP contribution in [0.3, 0.4) is 0 Å². The number of nitrogens with one attached hydrogen (secondary N) is 1. The summed E-state index contributed by atoms with van der Waals surface area (Å²) in [5.41, 5.74) is 0. The lowest BCUT2D eigenvalue weighted by Crippen LogP contribution is -2.48. The Balaban J connectivity index is 1.43. The molecule has 126 valence electrons. The maximum Gasteiger partial charge on any atom is 0.223 e. The normalized spacial score (nSPS) is 31.2. The Hall–Kier alpha value is -0.660. The van der Waals surface area contributed by atoms with Crippen LogP contribution in [0.5, 0.6) is 0 Å². The van der Waals surface area contributed by atoms with Crippen molar-refractivity contribution in [1.29, 1.82) is 0 Å². The molecule has 3 aliphatic rings. The number of ether oxygens (including phenoxy) is 1. The second-order valence-corrected chi connectivity index (χ2v) is 8.99. The maximum absolute atomic E-state index is 12.3. The third-order valence-electron chi connectivity index (χ3n) is 5.19. The Morgan fingerprint density at radius 2 is 1.73 bits per heavy atom. The molecule has 3 heterocycles. The van der Waals surface area contributed by atoms with E-state index in [4.69, 9.17) is 4.74 Å². The molecule has 0 unspecified atom stereocenters. The van der Waals surface area contributed by atoms with Crippen LogP contribution in [0.15, 0.2) is 0 Å². The zero-order valence-electron chi connectivity index (χ0n) is 13.0. The fourth-order valence-corrected chi connectivity index (χ4v) is 5.48. The molecule has 3 fully saturated rings. The summed E-state index contributed by atoms with van der Waals surface area (Å²) in [6.07, 6.45) is 4.51. The molecule has 3 saturated heterocycles. The first-order valence-electron chi connectivity index (χ1n) is 8.36. The van der Waals surface area contributed by atoms with E-state index in [1.54, 1.807) is 0 Å². The van der Waals surface area contributed by atoms with Gasteiger partial charge in [-0.1, -0.05) is 0 Å². The SMILES string of the molecule is O=C(N[C@H]1CCS(=O)(=O)C1)C1CCN(C2CCOCC2)CC1. The summed E-state index contributed by atoms with van der Waals surface area (Å²) in [7, 11) is -2.93. The van der Waals surface area contributed by atoms with Gasteiger partial charge in [-0.3, -0.25) is 4.79 Å². The van der Waals surface area contributed by atoms with Gasteiger partial charge in [-0.05, 0) is 45.2 Å². The molecule has 0 aromatic carbocycles. The van der Waals surface area contributed by atoms with Gasteiger partial charge in [0.2, 0.25) is 5.91 Å². The quantitative estimate of drug-likeness (QED) is 0.799. The van der Waals surface area contributed by atoms with E-state index in [2.05, 4.69) is 10.2 Å². The highest BCUT2D eigenvalue weighted by atomic mass is 32.2. The average Bonchev–Trinajstić information content (AvgIpc) is 2.87. The fourth-order valence-electron chi connectivity index (χ4n) is 3.80. The summed E-state index contributed by atoms with van der Waals surface area (Å²) >= 11 is 0. The third-order valence-corrected chi connectivity index (χ3v) is 6.95. The van der Waals surface area contributed by atoms with Crippen LogP contribution in [0, 0.1) is 5.92 Å². The van der Waals surface area contributed by atoms with E-state index in [0.717, 1.165) is 52.0 Å². The van der Waals surface area contributed by atoms with Crippen LogP contribution in [0.4, 0.5) is 0 Å². The van der Waals surface area contributed by atoms with E-state index >= 15 is 0 Å². The van der Waals surface area contributed by atoms with Gasteiger partial charge in [-0.25, -0.2) is 8.42 Å². The molecular formula is C15H26N2O4S. The van der Waals surface area contributed by atoms with Crippen molar-refractivity contribution in [3.63, 3.8) is 0 Å². The molecule has 3 rings (SSSR count). The van der Waals surface area contributed by atoms with Crippen molar-refractivity contribution in [3.8, 4) is 0 Å². The van der Waals surface area contributed by atoms with E-state index in [-0.39, 0.29) is 29.4 Å². The lowest BCUT2D eigenvalue weighted by Gasteiger charge is -2.39. The largest absolute Gasteiger partial charge is 0.381 e. The zero-order valence-corrected chi connectivity index (χ0v) is 13.8. The van der Waals surface area contributed by atoms with Gasteiger partial charge in [0.25, 0.3) is 0 Å². The van der Waals surface area contributed by atoms with Gasteiger partial charge in [0.05, 0.1) is 11.5 Å². The van der Waals surface area contributed by atoms with Crippen molar-refractivity contribution in [3.05, 3.63) is 0 Å². The Labute approximate surface area is 132 Å². The van der Waals surface area contributed by atoms with Crippen LogP contribution in [-0.4, -0.2) is 69.1 Å². The van der Waals surface area contributed by atoms with Crippen molar-refractivity contribution in [2.75, 3.05) is 37.8 Å². The van der Waals surface area contributed by atoms with E-state index in [0.29, 0.717) is 12.5 Å². The molecule has 3 aliphatic heterocycles. The smallest absolute Gasteiger partial charge is 0.223 e. The number of amides is 1. The first kappa shape index (κ1) is 16.2. The molecule has 0 aromatic rings. The summed E-state index contributed by atoms with van der Waals surface area (Å²) in [6, 6.07) is 0.434. The topological polar surface area (TPSA) is 75.7 Å². The van der Waals surface area contributed by atoms with E-state index in [9.17, 15) is 13.2 Å². The summed E-state index contributed by atoms with van der Waals surface area (Å²) in [5, 5.41) is 2.94. The molecule has 22 heavy (non-hydrogen) atoms. The highest BCUT2D eigenvalue weighted by molar-refractivity contribution is 7.91. The molecule has 1 N–H and O–H groups in total. The molecule has 0 aliphatic carbocycles. The molecule has 6 nitrogen and oxygen atoms in total. The fraction of sp³-hybridized carbons (Fsp3) is 0.933. The van der Waals surface area contributed by atoms with Crippen LogP contribution in [-0.2, 0) is 19.4 Å². The first-order valence-corrected chi connectivity index (χ1v) is 10.2. The lowest BCUT2D eigenvalue weighted by atomic mass is 9.93. The minimum absolute atomic E-state index is 0.0411. The summed E-state index contributed by atoms with van der Waals surface area (Å²) in [4.78, 5) is 14.8. The van der Waals surface area contributed by atoms with Crippen LogP contribution in [0.2, 0.25) is 0 Å². The first-order chi connectivity index (χ1) is 10.5. The number of likely N-dealkylation sites (tertiary alicyclic amines) is 1. The molecule has 7 heteroatoms. The molecular weight excluding hydrogens is 304 g/mol. The van der Waals surface area contributed by atoms with Gasteiger partial charge in [-0.2, -0.15) is 0 Å². The Bertz CT molecular complexity index is 494. The van der Waals surface area contributed by atoms with Crippen molar-refractivity contribution < 1.29 is 17.9 Å². The molecule has 0 saturated carbocycles. The Morgan fingerprint density at radius 1 is 1.05 bits per heavy atom. The number of hydrogen-bond acceptors (Lipinski definition) is 5. The number of carbonyl (C=O) groups excluding carboxylic acids is 1. The van der Waals surface area contributed by atoms with Crippen LogP contribution < -0.4 is 5.32 Å². The Morgan fingerprint density at radius 3 is 2.32 bits per heavy atom. The monoisotopic (exact) mass is 330 g/mol. The van der Waals surface area contributed by atoms with Gasteiger partial charge >= 0.3 is 0 Å². The molecule has 0 aromatic heterocycles. The van der Waals surface area contributed by atoms with Gasteiger partial charge < -0.3 is 15.0 Å². The van der Waals surface area contributed by atoms with Crippen molar-refractivity contribution >= 4 is 15.7 Å². The minimum atomic E-state index is -2.93. The van der Waals surface area contributed by atoms with E-state index < -0.39 is 9.84 Å². The predicted octanol–water partition coefficient (Wildman–Crippen LogP) is 0.181. The van der Waals surface area contributed by atoms with E-state index in [1.807, 2.05) is 0 Å². The van der Waals surface area contributed by atoms with E-state index in [1.165, 1.54) is 0 Å². The molecule has 0 radical (unpaired) electrons. The average molecular weight is 330 g/mol. The molecule has 0 spiro atoms. The summed E-state index contributed by atoms with van der Waals surface area (Å²) < 4.78 is 28.3. The number of carbonyl (C=O) groups is 1. The van der Waals surface area contributed by atoms with Gasteiger partial charge in [0, 0.05) is 31.2 Å². The molecule has 1 amide bonds. The number of rotatable bonds is 3. The third kappa shape index (κ3) is 4.00. The number of sulfone groups is 1. The van der Waals surface area contributed by atoms with Crippen LogP contribution in [0.1, 0.15) is 32.1 Å². The minimum Gasteiger partial charge on any atom is -0.381 e. The van der Waals surface area contributed by atoms with Crippen molar-refractivity contribution in [2.45, 2.75) is 44.2 Å². The highest BCUT2D eigenvalue weighted by Gasteiger charge is 2.33. The molecule has 0 bridgehead atoms. The number of hydrogen-bond donors (Lipinski definition) is 1. The standard InChI is InChI=1S/C15H26N2O4S/c18-15(16-13-5-10-22(19,20)11-13)12-1-6-17(7-2-12)14-3-8-21-9-4-14/h12-14H,1-11H2,(H,16,18)/t13-/m0/s1. The van der Waals surface area contributed by atoms with Crippen LogP contribution >= 0.6 is 0 Å². The predicted molar refractivity (Wildman–Crippen MR) is 83.3 cm³/mol.